The Hall–Kier alpha value is -0.390. The van der Waals surface area contributed by atoms with E-state index in [0.29, 0.717) is 6.42 Å². The molecular formula is C8H13F3O2S. The Morgan fingerprint density at radius 3 is 2.43 bits per heavy atom. The minimum Gasteiger partial charge on any atom is -0.480 e. The molecule has 0 rings (SSSR count). The number of alkyl halides is 3. The third-order valence-corrected chi connectivity index (χ3v) is 3.03. The van der Waals surface area contributed by atoms with Crippen molar-refractivity contribution in [2.45, 2.75) is 37.6 Å². The highest BCUT2D eigenvalue weighted by Crippen LogP contribution is 2.24. The Balaban J connectivity index is 3.58. The van der Waals surface area contributed by atoms with Gasteiger partial charge in [0, 0.05) is 6.42 Å². The number of hydrogen-bond donors (Lipinski definition) is 1. The van der Waals surface area contributed by atoms with Gasteiger partial charge in [-0.2, -0.15) is 13.2 Å². The second kappa shape index (κ2) is 6.16. The fraction of sp³-hybridized carbons (Fsp3) is 0.875. The van der Waals surface area contributed by atoms with Crippen LogP contribution in [0.3, 0.4) is 0 Å². The van der Waals surface area contributed by atoms with Crippen LogP contribution in [0, 0.1) is 0 Å². The lowest BCUT2D eigenvalue weighted by molar-refractivity contribution is -0.136. The molecule has 1 atom stereocenters. The Morgan fingerprint density at radius 1 is 1.50 bits per heavy atom. The van der Waals surface area contributed by atoms with Gasteiger partial charge in [-0.05, 0) is 18.6 Å². The molecule has 0 radical (unpaired) electrons. The molecule has 2 nitrogen and oxygen atoms in total. The van der Waals surface area contributed by atoms with Crippen molar-refractivity contribution in [3.8, 4) is 0 Å². The molecule has 1 unspecified atom stereocenters. The van der Waals surface area contributed by atoms with Gasteiger partial charge in [0.05, 0.1) is 0 Å². The predicted octanol–water partition coefficient (Wildman–Crippen LogP) is 2.93. The average molecular weight is 230 g/mol. The largest absolute Gasteiger partial charge is 0.480 e. The smallest absolute Gasteiger partial charge is 0.389 e. The maximum atomic E-state index is 11.7. The van der Waals surface area contributed by atoms with Gasteiger partial charge in [0.15, 0.2) is 0 Å². The van der Waals surface area contributed by atoms with Crippen molar-refractivity contribution in [2.75, 3.05) is 5.75 Å². The second-order valence-corrected chi connectivity index (χ2v) is 4.14. The lowest BCUT2D eigenvalue weighted by Gasteiger charge is -2.09. The van der Waals surface area contributed by atoms with Crippen molar-refractivity contribution in [2.24, 2.45) is 0 Å². The quantitative estimate of drug-likeness (QED) is 0.713. The summed E-state index contributed by atoms with van der Waals surface area (Å²) in [6.45, 7) is 1.70. The van der Waals surface area contributed by atoms with Gasteiger partial charge in [0.1, 0.15) is 5.25 Å². The molecule has 6 heteroatoms. The van der Waals surface area contributed by atoms with Gasteiger partial charge >= 0.3 is 12.1 Å². The first-order chi connectivity index (χ1) is 6.37. The molecule has 84 valence electrons. The number of hydrogen-bond acceptors (Lipinski definition) is 2. The molecule has 0 aliphatic carbocycles. The fourth-order valence-corrected chi connectivity index (χ4v) is 1.84. The zero-order valence-corrected chi connectivity index (χ0v) is 8.62. The zero-order chi connectivity index (χ0) is 11.2. The first kappa shape index (κ1) is 13.6. The molecule has 0 aromatic heterocycles. The first-order valence-electron chi connectivity index (χ1n) is 4.28. The minimum absolute atomic E-state index is 0.0159. The van der Waals surface area contributed by atoms with E-state index >= 15 is 0 Å². The van der Waals surface area contributed by atoms with Crippen LogP contribution in [0.5, 0.6) is 0 Å². The van der Waals surface area contributed by atoms with Gasteiger partial charge in [-0.25, -0.2) is 0 Å². The maximum Gasteiger partial charge on any atom is 0.389 e. The molecule has 0 aromatic carbocycles. The SMILES string of the molecule is CCC(SCCCC(F)(F)F)C(=O)O. The van der Waals surface area contributed by atoms with Crippen LogP contribution in [0.15, 0.2) is 0 Å². The van der Waals surface area contributed by atoms with Crippen LogP contribution in [0.25, 0.3) is 0 Å². The fourth-order valence-electron chi connectivity index (χ4n) is 0.862. The molecule has 0 bridgehead atoms. The highest BCUT2D eigenvalue weighted by Gasteiger charge is 2.26. The number of carboxylic acids is 1. The number of rotatable bonds is 6. The summed E-state index contributed by atoms with van der Waals surface area (Å²) in [5.41, 5.74) is 0. The summed E-state index contributed by atoms with van der Waals surface area (Å²) in [4.78, 5) is 10.5. The number of carbonyl (C=O) groups is 1. The summed E-state index contributed by atoms with van der Waals surface area (Å²) >= 11 is 1.07. The third-order valence-electron chi connectivity index (χ3n) is 1.57. The molecule has 0 spiro atoms. The van der Waals surface area contributed by atoms with Crippen LogP contribution < -0.4 is 0 Å². The van der Waals surface area contributed by atoms with Crippen LogP contribution in [-0.4, -0.2) is 28.3 Å². The van der Waals surface area contributed by atoms with Gasteiger partial charge in [-0.1, -0.05) is 6.92 Å². The van der Waals surface area contributed by atoms with Crippen LogP contribution in [0.4, 0.5) is 13.2 Å². The normalized spacial score (nSPS) is 14.0. The molecule has 1 N–H and O–H groups in total. The van der Waals surface area contributed by atoms with E-state index in [-0.39, 0.29) is 12.2 Å². The first-order valence-corrected chi connectivity index (χ1v) is 5.33. The summed E-state index contributed by atoms with van der Waals surface area (Å²) in [5.74, 6) is -0.714. The molecular weight excluding hydrogens is 217 g/mol. The summed E-state index contributed by atoms with van der Waals surface area (Å²) in [6, 6.07) is 0. The summed E-state index contributed by atoms with van der Waals surface area (Å²) in [6.07, 6.45) is -4.55. The Morgan fingerprint density at radius 2 is 2.07 bits per heavy atom. The van der Waals surface area contributed by atoms with Gasteiger partial charge in [-0.3, -0.25) is 4.79 Å². The highest BCUT2D eigenvalue weighted by molar-refractivity contribution is 8.00. The molecule has 0 amide bonds. The van der Waals surface area contributed by atoms with Crippen LogP contribution in [0.2, 0.25) is 0 Å². The number of thioether (sulfide) groups is 1. The molecule has 0 aromatic rings. The number of aliphatic carboxylic acids is 1. The van der Waals surface area contributed by atoms with Crippen molar-refractivity contribution in [1.82, 2.24) is 0 Å². The van der Waals surface area contributed by atoms with Crippen molar-refractivity contribution < 1.29 is 23.1 Å². The van der Waals surface area contributed by atoms with E-state index in [9.17, 15) is 18.0 Å². The van der Waals surface area contributed by atoms with E-state index in [1.807, 2.05) is 0 Å². The van der Waals surface area contributed by atoms with Crippen LogP contribution >= 0.6 is 11.8 Å². The standard InChI is InChI=1S/C8H13F3O2S/c1-2-6(7(12)13)14-5-3-4-8(9,10)11/h6H,2-5H2,1H3,(H,12,13). The van der Waals surface area contributed by atoms with Crippen molar-refractivity contribution in [1.29, 1.82) is 0 Å². The third kappa shape index (κ3) is 7.06. The zero-order valence-electron chi connectivity index (χ0n) is 7.80. The van der Waals surface area contributed by atoms with Crippen molar-refractivity contribution in [3.05, 3.63) is 0 Å². The van der Waals surface area contributed by atoms with Gasteiger partial charge in [0.2, 0.25) is 0 Å². The molecule has 0 aliphatic rings. The average Bonchev–Trinajstić information content (AvgIpc) is 2.01. The molecule has 0 heterocycles. The molecule has 14 heavy (non-hydrogen) atoms. The van der Waals surface area contributed by atoms with Crippen LogP contribution in [0.1, 0.15) is 26.2 Å². The van der Waals surface area contributed by atoms with Gasteiger partial charge in [0.25, 0.3) is 0 Å². The maximum absolute atomic E-state index is 11.7. The van der Waals surface area contributed by atoms with E-state index in [4.69, 9.17) is 5.11 Å². The van der Waals surface area contributed by atoms with E-state index < -0.39 is 23.8 Å². The molecule has 0 saturated heterocycles. The Labute approximate surface area is 84.9 Å². The van der Waals surface area contributed by atoms with E-state index in [2.05, 4.69) is 0 Å². The highest BCUT2D eigenvalue weighted by atomic mass is 32.2. The predicted molar refractivity (Wildman–Crippen MR) is 49.5 cm³/mol. The van der Waals surface area contributed by atoms with E-state index in [0.717, 1.165) is 11.8 Å². The number of carboxylic acid groups (broad SMARTS) is 1. The number of halogens is 3. The monoisotopic (exact) mass is 230 g/mol. The lowest BCUT2D eigenvalue weighted by Crippen LogP contribution is -2.16. The van der Waals surface area contributed by atoms with Gasteiger partial charge in [-0.15, -0.1) is 11.8 Å². The lowest BCUT2D eigenvalue weighted by atomic mass is 10.3. The summed E-state index contributed by atoms with van der Waals surface area (Å²) < 4.78 is 35.1. The van der Waals surface area contributed by atoms with Crippen LogP contribution in [-0.2, 0) is 4.79 Å². The molecule has 0 fully saturated rings. The van der Waals surface area contributed by atoms with Crippen molar-refractivity contribution >= 4 is 17.7 Å². The molecule has 0 aliphatic heterocycles. The topological polar surface area (TPSA) is 37.3 Å². The summed E-state index contributed by atoms with van der Waals surface area (Å²) in [5, 5.41) is 8.01. The molecule has 0 saturated carbocycles. The Kier molecular flexibility index (Phi) is 5.99. The van der Waals surface area contributed by atoms with Gasteiger partial charge < -0.3 is 5.11 Å². The van der Waals surface area contributed by atoms with E-state index in [1.54, 1.807) is 6.92 Å². The summed E-state index contributed by atoms with van der Waals surface area (Å²) in [7, 11) is 0. The van der Waals surface area contributed by atoms with E-state index in [1.165, 1.54) is 0 Å². The Bertz CT molecular complexity index is 182. The van der Waals surface area contributed by atoms with Crippen molar-refractivity contribution in [3.63, 3.8) is 0 Å². The second-order valence-electron chi connectivity index (χ2n) is 2.82. The minimum atomic E-state index is -4.13.